The molecule has 1 aromatic heterocycles. The number of hydrogen-bond donors (Lipinski definition) is 1. The maximum absolute atomic E-state index is 5.96. The van der Waals surface area contributed by atoms with E-state index in [2.05, 4.69) is 17.4 Å². The highest BCUT2D eigenvalue weighted by Gasteiger charge is 2.31. The predicted octanol–water partition coefficient (Wildman–Crippen LogP) is 1.98. The number of hydrogen-bond acceptors (Lipinski definition) is 3. The van der Waals surface area contributed by atoms with E-state index in [9.17, 15) is 0 Å². The van der Waals surface area contributed by atoms with Crippen LogP contribution in [0.1, 0.15) is 30.6 Å². The molecule has 0 spiro atoms. The number of aromatic nitrogens is 1. The van der Waals surface area contributed by atoms with Crippen LogP contribution in [0, 0.1) is 5.92 Å². The number of nitrogens with zero attached hydrogens (tertiary/aromatic N) is 1. The zero-order chi connectivity index (χ0) is 8.55. The molecule has 0 amide bonds. The van der Waals surface area contributed by atoms with E-state index in [1.54, 1.807) is 11.5 Å². The van der Waals surface area contributed by atoms with E-state index in [0.29, 0.717) is 17.9 Å². The maximum atomic E-state index is 5.96. The molecule has 1 fully saturated rings. The van der Waals surface area contributed by atoms with E-state index in [1.165, 1.54) is 17.7 Å². The van der Waals surface area contributed by atoms with Crippen LogP contribution >= 0.6 is 11.5 Å². The first-order valence-corrected chi connectivity index (χ1v) is 5.22. The van der Waals surface area contributed by atoms with E-state index in [1.807, 2.05) is 6.20 Å². The van der Waals surface area contributed by atoms with Crippen molar-refractivity contribution < 1.29 is 0 Å². The molecule has 1 heterocycles. The van der Waals surface area contributed by atoms with Crippen LogP contribution in [-0.4, -0.2) is 10.4 Å². The van der Waals surface area contributed by atoms with E-state index in [4.69, 9.17) is 5.73 Å². The van der Waals surface area contributed by atoms with Gasteiger partial charge in [0, 0.05) is 17.1 Å². The van der Waals surface area contributed by atoms with Gasteiger partial charge in [0.15, 0.2) is 0 Å². The van der Waals surface area contributed by atoms with Crippen molar-refractivity contribution in [1.82, 2.24) is 4.37 Å². The van der Waals surface area contributed by atoms with Gasteiger partial charge in [0.2, 0.25) is 0 Å². The highest BCUT2D eigenvalue weighted by molar-refractivity contribution is 7.05. The van der Waals surface area contributed by atoms with Crippen LogP contribution in [0.4, 0.5) is 0 Å². The molecule has 3 unspecified atom stereocenters. The Labute approximate surface area is 77.0 Å². The second kappa shape index (κ2) is 3.15. The van der Waals surface area contributed by atoms with Gasteiger partial charge in [0.05, 0.1) is 0 Å². The summed E-state index contributed by atoms with van der Waals surface area (Å²) in [5, 5.41) is 0. The Bertz CT molecular complexity index is 245. The Kier molecular flexibility index (Phi) is 2.15. The zero-order valence-corrected chi connectivity index (χ0v) is 8.05. The van der Waals surface area contributed by atoms with Crippen LogP contribution in [0.3, 0.4) is 0 Å². The van der Waals surface area contributed by atoms with E-state index in [0.717, 1.165) is 0 Å². The fraction of sp³-hybridized carbons (Fsp3) is 0.667. The molecular formula is C9H14N2S. The lowest BCUT2D eigenvalue weighted by molar-refractivity contribution is 0.484. The van der Waals surface area contributed by atoms with Crippen molar-refractivity contribution in [3.05, 3.63) is 17.1 Å². The molecule has 12 heavy (non-hydrogen) atoms. The first-order valence-electron chi connectivity index (χ1n) is 4.45. The standard InChI is InChI=1S/C9H14N2S/c1-6-7(2-3-8(6)10)9-4-5-11-12-9/h4-8H,2-3,10H2,1H3. The molecule has 1 saturated carbocycles. The first-order chi connectivity index (χ1) is 5.79. The third-order valence-corrected chi connectivity index (χ3v) is 3.82. The lowest BCUT2D eigenvalue weighted by Gasteiger charge is -2.15. The Balaban J connectivity index is 2.16. The minimum absolute atomic E-state index is 0.400. The minimum Gasteiger partial charge on any atom is -0.327 e. The van der Waals surface area contributed by atoms with Crippen molar-refractivity contribution in [2.75, 3.05) is 0 Å². The summed E-state index contributed by atoms with van der Waals surface area (Å²) in [4.78, 5) is 1.41. The predicted molar refractivity (Wildman–Crippen MR) is 51.2 cm³/mol. The average molecular weight is 182 g/mol. The summed E-state index contributed by atoms with van der Waals surface area (Å²) in [7, 11) is 0. The Morgan fingerprint density at radius 2 is 2.42 bits per heavy atom. The van der Waals surface area contributed by atoms with Crippen molar-refractivity contribution in [2.45, 2.75) is 31.7 Å². The third-order valence-electron chi connectivity index (χ3n) is 2.94. The summed E-state index contributed by atoms with van der Waals surface area (Å²) in [5.41, 5.74) is 5.96. The van der Waals surface area contributed by atoms with Crippen molar-refractivity contribution in [3.8, 4) is 0 Å². The van der Waals surface area contributed by atoms with Gasteiger partial charge in [-0.1, -0.05) is 6.92 Å². The molecule has 1 aliphatic rings. The highest BCUT2D eigenvalue weighted by atomic mass is 32.1. The second-order valence-corrected chi connectivity index (χ2v) is 4.49. The van der Waals surface area contributed by atoms with Crippen LogP contribution in [0.25, 0.3) is 0 Å². The van der Waals surface area contributed by atoms with Crippen molar-refractivity contribution >= 4 is 11.5 Å². The maximum Gasteiger partial charge on any atom is 0.0409 e. The number of rotatable bonds is 1. The van der Waals surface area contributed by atoms with Gasteiger partial charge >= 0.3 is 0 Å². The Hall–Kier alpha value is -0.410. The molecule has 66 valence electrons. The molecule has 3 atom stereocenters. The molecular weight excluding hydrogens is 168 g/mol. The summed E-state index contributed by atoms with van der Waals surface area (Å²) >= 11 is 1.62. The largest absolute Gasteiger partial charge is 0.327 e. The summed E-state index contributed by atoms with van der Waals surface area (Å²) < 4.78 is 4.13. The highest BCUT2D eigenvalue weighted by Crippen LogP contribution is 2.39. The molecule has 1 aliphatic carbocycles. The van der Waals surface area contributed by atoms with Crippen molar-refractivity contribution in [1.29, 1.82) is 0 Å². The molecule has 2 rings (SSSR count). The molecule has 0 radical (unpaired) electrons. The van der Waals surface area contributed by atoms with Crippen LogP contribution in [-0.2, 0) is 0 Å². The normalized spacial score (nSPS) is 35.7. The van der Waals surface area contributed by atoms with Gasteiger partial charge in [0.1, 0.15) is 0 Å². The monoisotopic (exact) mass is 182 g/mol. The first kappa shape index (κ1) is 8.20. The summed E-state index contributed by atoms with van der Waals surface area (Å²) in [5.74, 6) is 1.30. The molecule has 0 aromatic carbocycles. The van der Waals surface area contributed by atoms with Gasteiger partial charge in [-0.25, -0.2) is 4.37 Å². The van der Waals surface area contributed by atoms with Crippen LogP contribution in [0.15, 0.2) is 12.3 Å². The zero-order valence-electron chi connectivity index (χ0n) is 7.23. The van der Waals surface area contributed by atoms with Gasteiger partial charge in [-0.2, -0.15) is 0 Å². The Morgan fingerprint density at radius 3 is 2.92 bits per heavy atom. The minimum atomic E-state index is 0.400. The van der Waals surface area contributed by atoms with Gasteiger partial charge in [-0.15, -0.1) is 0 Å². The quantitative estimate of drug-likeness (QED) is 0.721. The van der Waals surface area contributed by atoms with Crippen molar-refractivity contribution in [3.63, 3.8) is 0 Å². The molecule has 2 N–H and O–H groups in total. The van der Waals surface area contributed by atoms with E-state index in [-0.39, 0.29) is 0 Å². The fourth-order valence-electron chi connectivity index (χ4n) is 2.01. The van der Waals surface area contributed by atoms with E-state index < -0.39 is 0 Å². The molecule has 3 heteroatoms. The molecule has 0 saturated heterocycles. The van der Waals surface area contributed by atoms with Crippen LogP contribution < -0.4 is 5.73 Å². The molecule has 0 bridgehead atoms. The average Bonchev–Trinajstić information content (AvgIpc) is 2.64. The summed E-state index contributed by atoms with van der Waals surface area (Å²) in [6, 6.07) is 2.53. The third kappa shape index (κ3) is 1.27. The second-order valence-electron chi connectivity index (χ2n) is 3.62. The molecule has 1 aromatic rings. The molecule has 0 aliphatic heterocycles. The van der Waals surface area contributed by atoms with Gasteiger partial charge in [-0.05, 0) is 42.3 Å². The van der Waals surface area contributed by atoms with Crippen LogP contribution in [0.5, 0.6) is 0 Å². The SMILES string of the molecule is CC1C(N)CCC1c1ccns1. The Morgan fingerprint density at radius 1 is 1.58 bits per heavy atom. The smallest absolute Gasteiger partial charge is 0.0409 e. The van der Waals surface area contributed by atoms with Gasteiger partial charge in [0.25, 0.3) is 0 Å². The lowest BCUT2D eigenvalue weighted by Crippen LogP contribution is -2.24. The van der Waals surface area contributed by atoms with Gasteiger partial charge in [-0.3, -0.25) is 0 Å². The summed E-state index contributed by atoms with van der Waals surface area (Å²) in [6.07, 6.45) is 4.30. The molecule has 2 nitrogen and oxygen atoms in total. The van der Waals surface area contributed by atoms with Crippen molar-refractivity contribution in [2.24, 2.45) is 11.7 Å². The lowest BCUT2D eigenvalue weighted by atomic mass is 9.95. The summed E-state index contributed by atoms with van der Waals surface area (Å²) in [6.45, 7) is 2.25. The topological polar surface area (TPSA) is 38.9 Å². The number of nitrogens with two attached hydrogens (primary N) is 1. The van der Waals surface area contributed by atoms with E-state index >= 15 is 0 Å². The fourth-order valence-corrected chi connectivity index (χ4v) is 2.85. The van der Waals surface area contributed by atoms with Gasteiger partial charge < -0.3 is 5.73 Å². The van der Waals surface area contributed by atoms with Crippen LogP contribution in [0.2, 0.25) is 0 Å².